The maximum absolute atomic E-state index is 11.4. The van der Waals surface area contributed by atoms with E-state index in [-0.39, 0.29) is 30.3 Å². The number of nitrogens with zero attached hydrogens (tertiary/aromatic N) is 4. The molecule has 0 radical (unpaired) electrons. The number of para-hydroxylation sites is 1. The van der Waals surface area contributed by atoms with E-state index >= 15 is 0 Å². The van der Waals surface area contributed by atoms with E-state index in [1.165, 1.54) is 18.2 Å². The number of nitrogens with two attached hydrogens (primary N) is 1. The number of ether oxygens (including phenoxy) is 2. The fourth-order valence-electron chi connectivity index (χ4n) is 4.08. The van der Waals surface area contributed by atoms with Gasteiger partial charge in [-0.2, -0.15) is 10.5 Å². The smallest absolute Gasteiger partial charge is 0.293 e. The van der Waals surface area contributed by atoms with E-state index in [4.69, 9.17) is 15.2 Å². The molecule has 2 N–H and O–H groups in total. The van der Waals surface area contributed by atoms with Crippen LogP contribution in [0.1, 0.15) is 11.5 Å². The van der Waals surface area contributed by atoms with Crippen molar-refractivity contribution in [1.29, 1.82) is 10.5 Å². The van der Waals surface area contributed by atoms with Gasteiger partial charge in [-0.25, -0.2) is 4.99 Å². The largest absolute Gasteiger partial charge is 0.386 e. The van der Waals surface area contributed by atoms with Crippen molar-refractivity contribution in [3.63, 3.8) is 0 Å². The van der Waals surface area contributed by atoms with Crippen molar-refractivity contribution >= 4 is 11.5 Å². The Hall–Kier alpha value is -3.01. The van der Waals surface area contributed by atoms with Gasteiger partial charge in [0.2, 0.25) is 0 Å². The molecule has 120 valence electrons. The molecule has 0 unspecified atom stereocenters. The third kappa shape index (κ3) is 1.25. The molecule has 1 saturated carbocycles. The summed E-state index contributed by atoms with van der Waals surface area (Å²) in [6.45, 7) is 0.399. The topological polar surface area (TPSA) is 148 Å². The van der Waals surface area contributed by atoms with Crippen molar-refractivity contribution < 1.29 is 14.4 Å². The highest BCUT2D eigenvalue weighted by molar-refractivity contribution is 6.00. The molecular weight excluding hydrogens is 314 g/mol. The molecule has 9 heteroatoms. The Balaban J connectivity index is 1.97. The van der Waals surface area contributed by atoms with Crippen LogP contribution in [-0.2, 0) is 9.47 Å². The van der Waals surface area contributed by atoms with Gasteiger partial charge in [-0.1, -0.05) is 18.2 Å². The fourth-order valence-corrected chi connectivity index (χ4v) is 4.08. The van der Waals surface area contributed by atoms with Gasteiger partial charge in [-0.3, -0.25) is 10.1 Å². The summed E-state index contributed by atoms with van der Waals surface area (Å²) < 4.78 is 11.1. The molecule has 2 fully saturated rings. The molecule has 1 spiro atoms. The SMILES string of the molecule is N#C[C@@]12C(N)=NC3(OCCO3)[C@]1(C#N)[C@@H]2c1ccccc1[N+](=O)[O-]. The summed E-state index contributed by atoms with van der Waals surface area (Å²) in [5.74, 6) is -2.62. The molecule has 2 aliphatic heterocycles. The summed E-state index contributed by atoms with van der Waals surface area (Å²) in [5, 5.41) is 31.1. The standard InChI is InChI=1S/C15H11N5O4/c16-7-13-11(9-3-1-2-4-10(9)20(21)22)14(13,8-17)15(19-12(13)18)23-5-6-24-15/h1-4,11H,5-6H2,(H2,18,19)/t11-,13-,14-/m1/s1. The lowest BCUT2D eigenvalue weighted by atomic mass is 9.93. The van der Waals surface area contributed by atoms with Crippen LogP contribution >= 0.6 is 0 Å². The van der Waals surface area contributed by atoms with Gasteiger partial charge in [0.15, 0.2) is 5.41 Å². The van der Waals surface area contributed by atoms with Gasteiger partial charge in [-0.15, -0.1) is 0 Å². The van der Waals surface area contributed by atoms with Crippen LogP contribution in [0.4, 0.5) is 5.69 Å². The van der Waals surface area contributed by atoms with Gasteiger partial charge < -0.3 is 15.2 Å². The third-order valence-electron chi connectivity index (χ3n) is 5.05. The predicted molar refractivity (Wildman–Crippen MR) is 78.2 cm³/mol. The summed E-state index contributed by atoms with van der Waals surface area (Å²) in [5.41, 5.74) is 3.01. The Morgan fingerprint density at radius 1 is 1.29 bits per heavy atom. The van der Waals surface area contributed by atoms with Crippen molar-refractivity contribution in [3.05, 3.63) is 39.9 Å². The number of benzene rings is 1. The van der Waals surface area contributed by atoms with E-state index < -0.39 is 27.6 Å². The summed E-state index contributed by atoms with van der Waals surface area (Å²) in [6, 6.07) is 10.1. The van der Waals surface area contributed by atoms with Gasteiger partial charge in [0.25, 0.3) is 11.6 Å². The molecule has 2 heterocycles. The van der Waals surface area contributed by atoms with Crippen LogP contribution in [0.3, 0.4) is 0 Å². The number of nitro groups is 1. The molecule has 0 aromatic heterocycles. The Bertz CT molecular complexity index is 879. The van der Waals surface area contributed by atoms with Crippen LogP contribution in [0.5, 0.6) is 0 Å². The second-order valence-corrected chi connectivity index (χ2v) is 5.86. The minimum atomic E-state index is -1.68. The average molecular weight is 325 g/mol. The lowest BCUT2D eigenvalue weighted by Gasteiger charge is -2.25. The van der Waals surface area contributed by atoms with Gasteiger partial charge in [0, 0.05) is 17.5 Å². The van der Waals surface area contributed by atoms with E-state index in [0.717, 1.165) is 0 Å². The summed E-state index contributed by atoms with van der Waals surface area (Å²) in [4.78, 5) is 14.9. The lowest BCUT2D eigenvalue weighted by molar-refractivity contribution is -0.385. The number of rotatable bonds is 2. The average Bonchev–Trinajstić information content (AvgIpc) is 2.83. The normalized spacial score (nSPS) is 34.9. The number of fused-ring (bicyclic) bond motifs is 2. The molecular formula is C15H11N5O4. The zero-order valence-corrected chi connectivity index (χ0v) is 12.3. The highest BCUT2D eigenvalue weighted by Gasteiger charge is 2.94. The molecule has 24 heavy (non-hydrogen) atoms. The quantitative estimate of drug-likeness (QED) is 0.624. The maximum Gasteiger partial charge on any atom is 0.293 e. The Morgan fingerprint density at radius 2 is 1.96 bits per heavy atom. The van der Waals surface area contributed by atoms with Gasteiger partial charge in [-0.05, 0) is 0 Å². The highest BCUT2D eigenvalue weighted by atomic mass is 16.8. The Morgan fingerprint density at radius 3 is 2.54 bits per heavy atom. The van der Waals surface area contributed by atoms with Crippen molar-refractivity contribution in [1.82, 2.24) is 0 Å². The third-order valence-corrected chi connectivity index (χ3v) is 5.05. The minimum absolute atomic E-state index is 0.0865. The first-order valence-corrected chi connectivity index (χ1v) is 7.20. The van der Waals surface area contributed by atoms with E-state index in [2.05, 4.69) is 17.1 Å². The molecule has 9 nitrogen and oxygen atoms in total. The summed E-state index contributed by atoms with van der Waals surface area (Å²) in [7, 11) is 0. The number of nitriles is 2. The molecule has 3 aliphatic rings. The van der Waals surface area contributed by atoms with E-state index in [9.17, 15) is 20.6 Å². The molecule has 1 aromatic carbocycles. The zero-order valence-electron chi connectivity index (χ0n) is 12.3. The van der Waals surface area contributed by atoms with Crippen molar-refractivity contribution in [2.24, 2.45) is 21.6 Å². The number of amidine groups is 1. The first-order chi connectivity index (χ1) is 11.5. The maximum atomic E-state index is 11.4. The van der Waals surface area contributed by atoms with E-state index in [1.807, 2.05) is 0 Å². The van der Waals surface area contributed by atoms with Crippen LogP contribution in [-0.4, -0.2) is 29.9 Å². The monoisotopic (exact) mass is 325 g/mol. The highest BCUT2D eigenvalue weighted by Crippen LogP contribution is 2.82. The van der Waals surface area contributed by atoms with Crippen LogP contribution in [0, 0.1) is 43.6 Å². The van der Waals surface area contributed by atoms with Crippen LogP contribution in [0.2, 0.25) is 0 Å². The Labute approximate surface area is 136 Å². The van der Waals surface area contributed by atoms with Crippen LogP contribution in [0.15, 0.2) is 29.3 Å². The van der Waals surface area contributed by atoms with Crippen molar-refractivity contribution in [2.75, 3.05) is 13.2 Å². The van der Waals surface area contributed by atoms with Gasteiger partial charge in [0.05, 0.1) is 30.3 Å². The van der Waals surface area contributed by atoms with Crippen molar-refractivity contribution in [2.45, 2.75) is 11.8 Å². The van der Waals surface area contributed by atoms with Crippen LogP contribution in [0.25, 0.3) is 0 Å². The van der Waals surface area contributed by atoms with E-state index in [1.54, 1.807) is 6.07 Å². The van der Waals surface area contributed by atoms with Gasteiger partial charge >= 0.3 is 0 Å². The molecule has 4 rings (SSSR count). The second kappa shape index (κ2) is 4.29. The number of nitro benzene ring substituents is 1. The fraction of sp³-hybridized carbons (Fsp3) is 0.400. The zero-order chi connectivity index (χ0) is 17.2. The minimum Gasteiger partial charge on any atom is -0.386 e. The first-order valence-electron chi connectivity index (χ1n) is 7.20. The Kier molecular flexibility index (Phi) is 2.61. The molecule has 0 bridgehead atoms. The number of aliphatic imine (C=N–C) groups is 1. The van der Waals surface area contributed by atoms with Crippen LogP contribution < -0.4 is 5.73 Å². The first kappa shape index (κ1) is 14.6. The number of hydrogen-bond acceptors (Lipinski definition) is 8. The summed E-state index contributed by atoms with van der Waals surface area (Å²) >= 11 is 0. The predicted octanol–water partition coefficient (Wildman–Crippen LogP) is 0.783. The molecule has 0 amide bonds. The van der Waals surface area contributed by atoms with Crippen molar-refractivity contribution in [3.8, 4) is 12.1 Å². The summed E-state index contributed by atoms with van der Waals surface area (Å²) in [6.07, 6.45) is 0. The second-order valence-electron chi connectivity index (χ2n) is 5.86. The van der Waals surface area contributed by atoms with E-state index in [0.29, 0.717) is 0 Å². The molecule has 1 aromatic rings. The number of hydrogen-bond donors (Lipinski definition) is 1. The van der Waals surface area contributed by atoms with Gasteiger partial charge in [0.1, 0.15) is 11.3 Å². The molecule has 1 aliphatic carbocycles. The lowest BCUT2D eigenvalue weighted by Crippen LogP contribution is -2.38. The molecule has 1 saturated heterocycles. The molecule has 3 atom stereocenters.